The molecule has 0 aliphatic rings. The van der Waals surface area contributed by atoms with Gasteiger partial charge in [0.1, 0.15) is 24.7 Å². The minimum atomic E-state index is -0.313. The van der Waals surface area contributed by atoms with Crippen molar-refractivity contribution in [2.45, 2.75) is 91.9 Å². The van der Waals surface area contributed by atoms with Gasteiger partial charge in [-0.1, -0.05) is 65.8 Å². The molecule has 0 fully saturated rings. The first-order chi connectivity index (χ1) is 18.1. The molecule has 0 amide bonds. The van der Waals surface area contributed by atoms with E-state index in [0.29, 0.717) is 24.3 Å². The van der Waals surface area contributed by atoms with E-state index in [1.54, 1.807) is 0 Å². The topological polar surface area (TPSA) is 102 Å². The molecular formula is C32H46O7. The Morgan fingerprint density at radius 3 is 1.33 bits per heavy atom. The number of esters is 2. The maximum Gasteiger partial charge on any atom is 0.306 e. The van der Waals surface area contributed by atoms with Gasteiger partial charge in [0.05, 0.1) is 13.2 Å². The third kappa shape index (κ3) is 10.2. The van der Waals surface area contributed by atoms with Crippen molar-refractivity contribution in [3.63, 3.8) is 0 Å². The largest absolute Gasteiger partial charge is 0.507 e. The van der Waals surface area contributed by atoms with Gasteiger partial charge >= 0.3 is 11.9 Å². The molecule has 2 aromatic carbocycles. The molecule has 39 heavy (non-hydrogen) atoms. The molecule has 0 saturated heterocycles. The molecule has 0 spiro atoms. The lowest BCUT2D eigenvalue weighted by molar-refractivity contribution is -0.146. The van der Waals surface area contributed by atoms with E-state index in [1.165, 1.54) is 0 Å². The highest BCUT2D eigenvalue weighted by molar-refractivity contribution is 5.70. The summed E-state index contributed by atoms with van der Waals surface area (Å²) in [6.07, 6.45) is 1.54. The SMILES string of the molecule is Cc1cc(CCC(=O)OCCOCCOC(=O)CCc2cc(C)c(O)c(C(C)(C)C)c2)cc(C(C)(C)C)c1O. The highest BCUT2D eigenvalue weighted by atomic mass is 16.6. The number of phenols is 2. The van der Waals surface area contributed by atoms with Gasteiger partial charge in [-0.2, -0.15) is 0 Å². The quantitative estimate of drug-likeness (QED) is 0.251. The number of rotatable bonds is 12. The van der Waals surface area contributed by atoms with Crippen LogP contribution in [0, 0.1) is 13.8 Å². The minimum absolute atomic E-state index is 0.130. The fourth-order valence-electron chi connectivity index (χ4n) is 4.31. The predicted molar refractivity (Wildman–Crippen MR) is 152 cm³/mol. The zero-order valence-corrected chi connectivity index (χ0v) is 24.9. The molecule has 2 N–H and O–H groups in total. The molecule has 0 heterocycles. The summed E-state index contributed by atoms with van der Waals surface area (Å²) in [5.41, 5.74) is 4.91. The molecule has 0 aromatic heterocycles. The van der Waals surface area contributed by atoms with Crippen LogP contribution in [-0.2, 0) is 47.5 Å². The van der Waals surface area contributed by atoms with Crippen molar-refractivity contribution >= 4 is 11.9 Å². The summed E-state index contributed by atoms with van der Waals surface area (Å²) in [5.74, 6) is -0.0168. The second-order valence-corrected chi connectivity index (χ2v) is 12.2. The van der Waals surface area contributed by atoms with Crippen LogP contribution in [0.25, 0.3) is 0 Å². The van der Waals surface area contributed by atoms with Gasteiger partial charge in [0.25, 0.3) is 0 Å². The Hall–Kier alpha value is -3.06. The standard InChI is InChI=1S/C32H46O7/c1-21-17-23(19-25(29(21)35)31(3,4)5)9-11-27(33)38-15-13-37-14-16-39-28(34)12-10-24-18-22(2)30(36)26(20-24)32(6,7)8/h17-20,35-36H,9-16H2,1-8H3. The van der Waals surface area contributed by atoms with Crippen molar-refractivity contribution in [2.75, 3.05) is 26.4 Å². The first-order valence-electron chi connectivity index (χ1n) is 13.6. The predicted octanol–water partition coefficient (Wildman–Crippen LogP) is 5.98. The zero-order valence-electron chi connectivity index (χ0n) is 24.9. The molecule has 0 aliphatic heterocycles. The van der Waals surface area contributed by atoms with E-state index in [-0.39, 0.29) is 62.0 Å². The molecule has 216 valence electrons. The van der Waals surface area contributed by atoms with Gasteiger partial charge in [-0.15, -0.1) is 0 Å². The third-order valence-electron chi connectivity index (χ3n) is 6.55. The second kappa shape index (κ2) is 13.8. The van der Waals surface area contributed by atoms with Crippen molar-refractivity contribution in [3.8, 4) is 11.5 Å². The molecule has 0 radical (unpaired) electrons. The summed E-state index contributed by atoms with van der Waals surface area (Å²) in [6.45, 7) is 16.7. The minimum Gasteiger partial charge on any atom is -0.507 e. The van der Waals surface area contributed by atoms with Crippen LogP contribution in [-0.4, -0.2) is 48.6 Å². The average Bonchev–Trinajstić information content (AvgIpc) is 2.83. The van der Waals surface area contributed by atoms with E-state index in [9.17, 15) is 19.8 Å². The highest BCUT2D eigenvalue weighted by Gasteiger charge is 2.21. The smallest absolute Gasteiger partial charge is 0.306 e. The molecule has 0 unspecified atom stereocenters. The number of aryl methyl sites for hydroxylation is 4. The van der Waals surface area contributed by atoms with Crippen molar-refractivity contribution in [1.29, 1.82) is 0 Å². The fraction of sp³-hybridized carbons (Fsp3) is 0.562. The maximum atomic E-state index is 12.1. The molecule has 0 bridgehead atoms. The third-order valence-corrected chi connectivity index (χ3v) is 6.55. The van der Waals surface area contributed by atoms with E-state index >= 15 is 0 Å². The maximum absolute atomic E-state index is 12.1. The highest BCUT2D eigenvalue weighted by Crippen LogP contribution is 2.35. The Morgan fingerprint density at radius 1 is 0.641 bits per heavy atom. The monoisotopic (exact) mass is 542 g/mol. The number of carbonyl (C=O) groups excluding carboxylic acids is 2. The summed E-state index contributed by atoms with van der Waals surface area (Å²) in [6, 6.07) is 7.71. The lowest BCUT2D eigenvalue weighted by atomic mass is 9.83. The molecule has 0 saturated carbocycles. The van der Waals surface area contributed by atoms with E-state index in [4.69, 9.17) is 14.2 Å². The van der Waals surface area contributed by atoms with Crippen molar-refractivity contribution in [2.24, 2.45) is 0 Å². The normalized spacial score (nSPS) is 11.9. The summed E-state index contributed by atoms with van der Waals surface area (Å²) in [7, 11) is 0. The van der Waals surface area contributed by atoms with Crippen LogP contribution in [0.3, 0.4) is 0 Å². The van der Waals surface area contributed by atoms with Gasteiger partial charge in [-0.05, 0) is 70.9 Å². The van der Waals surface area contributed by atoms with Crippen LogP contribution in [0.1, 0.15) is 87.8 Å². The van der Waals surface area contributed by atoms with E-state index in [0.717, 1.165) is 33.4 Å². The van der Waals surface area contributed by atoms with E-state index < -0.39 is 0 Å². The first kappa shape index (κ1) is 32.2. The Balaban J connectivity index is 1.63. The lowest BCUT2D eigenvalue weighted by Gasteiger charge is -2.22. The number of phenolic OH excluding ortho intramolecular Hbond substituents is 2. The first-order valence-corrected chi connectivity index (χ1v) is 13.6. The fourth-order valence-corrected chi connectivity index (χ4v) is 4.31. The average molecular weight is 543 g/mol. The van der Waals surface area contributed by atoms with Crippen LogP contribution >= 0.6 is 0 Å². The van der Waals surface area contributed by atoms with Crippen LogP contribution in [0.4, 0.5) is 0 Å². The number of carbonyl (C=O) groups is 2. The van der Waals surface area contributed by atoms with Gasteiger partial charge in [-0.25, -0.2) is 0 Å². The molecule has 2 aromatic rings. The van der Waals surface area contributed by atoms with Crippen molar-refractivity contribution < 1.29 is 34.0 Å². The van der Waals surface area contributed by atoms with E-state index in [1.807, 2.05) is 79.7 Å². The molecule has 2 rings (SSSR count). The Morgan fingerprint density at radius 2 is 1.00 bits per heavy atom. The molecule has 0 aliphatic carbocycles. The number of ether oxygens (including phenoxy) is 3. The van der Waals surface area contributed by atoms with Crippen LogP contribution in [0.5, 0.6) is 11.5 Å². The van der Waals surface area contributed by atoms with Crippen LogP contribution in [0.2, 0.25) is 0 Å². The summed E-state index contributed by atoms with van der Waals surface area (Å²) in [5, 5.41) is 20.7. The Bertz CT molecular complexity index is 1050. The molecule has 7 heteroatoms. The summed E-state index contributed by atoms with van der Waals surface area (Å²) in [4.78, 5) is 24.2. The summed E-state index contributed by atoms with van der Waals surface area (Å²) >= 11 is 0. The second-order valence-electron chi connectivity index (χ2n) is 12.2. The zero-order chi connectivity index (χ0) is 29.4. The number of hydrogen-bond donors (Lipinski definition) is 2. The van der Waals surface area contributed by atoms with E-state index in [2.05, 4.69) is 0 Å². The van der Waals surface area contributed by atoms with Gasteiger partial charge in [0.2, 0.25) is 0 Å². The van der Waals surface area contributed by atoms with Gasteiger partial charge in [-0.3, -0.25) is 9.59 Å². The Labute approximate surface area is 233 Å². The summed E-state index contributed by atoms with van der Waals surface area (Å²) < 4.78 is 15.9. The number of aromatic hydroxyl groups is 2. The Kier molecular flexibility index (Phi) is 11.4. The lowest BCUT2D eigenvalue weighted by Crippen LogP contribution is -2.15. The van der Waals surface area contributed by atoms with Gasteiger partial charge in [0, 0.05) is 12.8 Å². The van der Waals surface area contributed by atoms with Crippen molar-refractivity contribution in [3.05, 3.63) is 57.6 Å². The van der Waals surface area contributed by atoms with Crippen LogP contribution < -0.4 is 0 Å². The van der Waals surface area contributed by atoms with Gasteiger partial charge in [0.15, 0.2) is 0 Å². The van der Waals surface area contributed by atoms with Crippen molar-refractivity contribution in [1.82, 2.24) is 0 Å². The molecular weight excluding hydrogens is 496 g/mol. The number of benzene rings is 2. The molecule has 7 nitrogen and oxygen atoms in total. The van der Waals surface area contributed by atoms with Crippen LogP contribution in [0.15, 0.2) is 24.3 Å². The molecule has 0 atom stereocenters. The van der Waals surface area contributed by atoms with Gasteiger partial charge < -0.3 is 24.4 Å². The number of hydrogen-bond acceptors (Lipinski definition) is 7.